The molecule has 11 heteroatoms. The normalized spacial score (nSPS) is 11.6. The number of fused-ring (bicyclic) bond motifs is 1. The summed E-state index contributed by atoms with van der Waals surface area (Å²) in [5, 5.41) is 2.05. The van der Waals surface area contributed by atoms with Gasteiger partial charge in [0.25, 0.3) is 0 Å². The number of ether oxygens (including phenoxy) is 2. The van der Waals surface area contributed by atoms with E-state index in [1.54, 1.807) is 42.5 Å². The summed E-state index contributed by atoms with van der Waals surface area (Å²) in [4.78, 5) is 11.9. The van der Waals surface area contributed by atoms with E-state index in [4.69, 9.17) is 44.3 Å². The Kier molecular flexibility index (Phi) is 11.7. The molecule has 0 unspecified atom stereocenters. The number of rotatable bonds is 14. The number of methoxy groups -OCH3 is 1. The molecule has 0 radical (unpaired) electrons. The average Bonchev–Trinajstić information content (AvgIpc) is 3.42. The fraction of sp³-hybridized carbons (Fsp3) is 0.175. The number of halogens is 3. The van der Waals surface area contributed by atoms with E-state index in [1.165, 1.54) is 7.11 Å². The molecule has 0 bridgehead atoms. The van der Waals surface area contributed by atoms with Crippen LogP contribution >= 0.6 is 34.8 Å². The van der Waals surface area contributed by atoms with Gasteiger partial charge in [0, 0.05) is 41.0 Å². The number of nitrogens with one attached hydrogen (secondary N) is 1. The molecular formula is C40H35Cl3N2O5S. The predicted molar refractivity (Wildman–Crippen MR) is 205 cm³/mol. The van der Waals surface area contributed by atoms with Crippen molar-refractivity contribution in [1.82, 2.24) is 9.29 Å². The highest BCUT2D eigenvalue weighted by molar-refractivity contribution is 7.88. The maximum absolute atomic E-state index is 13.3. The third-order valence-electron chi connectivity index (χ3n) is 8.63. The van der Waals surface area contributed by atoms with Gasteiger partial charge in [0.15, 0.2) is 0 Å². The number of aromatic nitrogens is 1. The number of carbonyl (C=O) groups is 1. The van der Waals surface area contributed by atoms with Gasteiger partial charge in [-0.3, -0.25) is 0 Å². The van der Waals surface area contributed by atoms with Crippen molar-refractivity contribution in [1.29, 1.82) is 0 Å². The van der Waals surface area contributed by atoms with Crippen molar-refractivity contribution < 1.29 is 22.7 Å². The first kappa shape index (κ1) is 36.5. The van der Waals surface area contributed by atoms with Crippen LogP contribution in [0.4, 0.5) is 0 Å². The number of benzene rings is 5. The Morgan fingerprint density at radius 3 is 2.12 bits per heavy atom. The van der Waals surface area contributed by atoms with Crippen LogP contribution in [0.3, 0.4) is 0 Å². The van der Waals surface area contributed by atoms with Crippen molar-refractivity contribution in [3.8, 4) is 5.75 Å². The first-order valence-corrected chi connectivity index (χ1v) is 19.1. The lowest BCUT2D eigenvalue weighted by molar-refractivity contribution is 0.0600. The number of carbonyl (C=O) groups excluding carboxylic acids is 1. The lowest BCUT2D eigenvalue weighted by Crippen LogP contribution is -2.28. The Morgan fingerprint density at radius 1 is 0.804 bits per heavy atom. The topological polar surface area (TPSA) is 86.6 Å². The zero-order chi connectivity index (χ0) is 36.0. The highest BCUT2D eigenvalue weighted by Crippen LogP contribution is 2.38. The van der Waals surface area contributed by atoms with E-state index in [0.717, 1.165) is 33.3 Å². The monoisotopic (exact) mass is 760 g/mol. The van der Waals surface area contributed by atoms with Gasteiger partial charge in [-0.15, -0.1) is 0 Å². The third-order valence-corrected chi connectivity index (χ3v) is 11.1. The molecule has 5 aromatic carbocycles. The van der Waals surface area contributed by atoms with Crippen LogP contribution in [-0.4, -0.2) is 39.2 Å². The summed E-state index contributed by atoms with van der Waals surface area (Å²) >= 11 is 19.1. The summed E-state index contributed by atoms with van der Waals surface area (Å²) < 4.78 is 42.8. The van der Waals surface area contributed by atoms with Crippen molar-refractivity contribution >= 4 is 61.7 Å². The first-order valence-electron chi connectivity index (χ1n) is 16.3. The van der Waals surface area contributed by atoms with E-state index in [2.05, 4.69) is 33.6 Å². The van der Waals surface area contributed by atoms with Crippen molar-refractivity contribution in [2.75, 3.05) is 20.3 Å². The van der Waals surface area contributed by atoms with E-state index in [-0.39, 0.29) is 23.4 Å². The molecular weight excluding hydrogens is 727 g/mol. The largest absolute Gasteiger partial charge is 0.493 e. The molecule has 51 heavy (non-hydrogen) atoms. The Bertz CT molecular complexity index is 2200. The first-order chi connectivity index (χ1) is 24.6. The number of hydrogen-bond donors (Lipinski definition) is 1. The highest BCUT2D eigenvalue weighted by Gasteiger charge is 2.26. The predicted octanol–water partition coefficient (Wildman–Crippen LogP) is 9.31. The molecule has 1 heterocycles. The molecule has 1 N–H and O–H groups in total. The van der Waals surface area contributed by atoms with E-state index in [9.17, 15) is 13.2 Å². The van der Waals surface area contributed by atoms with Crippen LogP contribution in [0.2, 0.25) is 15.1 Å². The van der Waals surface area contributed by atoms with Gasteiger partial charge in [0.1, 0.15) is 5.75 Å². The molecule has 0 saturated carbocycles. The van der Waals surface area contributed by atoms with Crippen LogP contribution in [-0.2, 0) is 33.4 Å². The lowest BCUT2D eigenvalue weighted by Gasteiger charge is -2.25. The number of esters is 1. The van der Waals surface area contributed by atoms with Crippen LogP contribution in [0.15, 0.2) is 121 Å². The maximum atomic E-state index is 13.3. The van der Waals surface area contributed by atoms with Gasteiger partial charge in [-0.2, -0.15) is 0 Å². The highest BCUT2D eigenvalue weighted by atomic mass is 35.5. The number of nitrogens with zero attached hydrogens (tertiary/aromatic N) is 1. The second kappa shape index (κ2) is 16.4. The van der Waals surface area contributed by atoms with Gasteiger partial charge >= 0.3 is 5.97 Å². The van der Waals surface area contributed by atoms with Crippen molar-refractivity contribution in [2.45, 2.75) is 24.6 Å². The van der Waals surface area contributed by atoms with Crippen LogP contribution in [0, 0.1) is 0 Å². The van der Waals surface area contributed by atoms with Crippen LogP contribution in [0.5, 0.6) is 5.75 Å². The van der Waals surface area contributed by atoms with Gasteiger partial charge in [-0.05, 0) is 70.8 Å². The molecule has 0 saturated heterocycles. The molecule has 0 aliphatic heterocycles. The molecule has 0 aliphatic rings. The molecule has 6 aromatic rings. The van der Waals surface area contributed by atoms with Crippen molar-refractivity contribution in [2.24, 2.45) is 0 Å². The zero-order valence-electron chi connectivity index (χ0n) is 27.7. The molecule has 0 atom stereocenters. The van der Waals surface area contributed by atoms with Gasteiger partial charge in [-0.25, -0.2) is 17.9 Å². The minimum atomic E-state index is -3.78. The van der Waals surface area contributed by atoms with Gasteiger partial charge < -0.3 is 14.0 Å². The van der Waals surface area contributed by atoms with Crippen LogP contribution in [0.25, 0.3) is 10.9 Å². The second-order valence-corrected chi connectivity index (χ2v) is 14.9. The molecule has 0 aliphatic carbocycles. The molecule has 1 aromatic heterocycles. The lowest BCUT2D eigenvalue weighted by atomic mass is 9.97. The average molecular weight is 762 g/mol. The summed E-state index contributed by atoms with van der Waals surface area (Å²) in [5.74, 6) is -0.129. The van der Waals surface area contributed by atoms with E-state index < -0.39 is 16.0 Å². The Hall–Kier alpha value is -4.31. The minimum absolute atomic E-state index is 0.129. The molecule has 7 nitrogen and oxygen atoms in total. The smallest absolute Gasteiger partial charge is 0.337 e. The maximum Gasteiger partial charge on any atom is 0.337 e. The standard InChI is InChI=1S/C40H35Cl3N2O5S/c1-49-40(46)29-15-18-32(19-16-29)50-24-22-33-34-25-31(41)17-20-36(34)45(39(27-9-4-2-5-10-27)28-11-6-3-7-12-28)37(33)21-23-44-51(47,48)26-30-13-8-14-35(42)38(30)43/h2-20,25,39,44H,21-24,26H2,1H3. The van der Waals surface area contributed by atoms with E-state index >= 15 is 0 Å². The fourth-order valence-corrected chi connectivity index (χ4v) is 8.13. The van der Waals surface area contributed by atoms with Gasteiger partial charge in [-0.1, -0.05) is 108 Å². The molecule has 262 valence electrons. The Morgan fingerprint density at radius 2 is 1.47 bits per heavy atom. The molecule has 0 spiro atoms. The summed E-state index contributed by atoms with van der Waals surface area (Å²) in [6, 6.07) is 37.8. The quantitative estimate of drug-likeness (QED) is 0.112. The Labute approximate surface area is 312 Å². The zero-order valence-corrected chi connectivity index (χ0v) is 30.8. The van der Waals surface area contributed by atoms with Crippen molar-refractivity contribution in [3.05, 3.63) is 170 Å². The number of hydrogen-bond acceptors (Lipinski definition) is 5. The summed E-state index contributed by atoms with van der Waals surface area (Å²) in [5.41, 5.74) is 5.88. The molecule has 0 amide bonds. The van der Waals surface area contributed by atoms with Gasteiger partial charge in [0.05, 0.1) is 41.1 Å². The summed E-state index contributed by atoms with van der Waals surface area (Å²) in [6.45, 7) is 0.445. The third kappa shape index (κ3) is 8.60. The van der Waals surface area contributed by atoms with E-state index in [0.29, 0.717) is 46.4 Å². The molecule has 0 fully saturated rings. The minimum Gasteiger partial charge on any atom is -0.493 e. The van der Waals surface area contributed by atoms with E-state index in [1.807, 2.05) is 54.6 Å². The SMILES string of the molecule is COC(=O)c1ccc(OCCc2c(CCNS(=O)(=O)Cc3cccc(Cl)c3Cl)n(C(c3ccccc3)c3ccccc3)c3ccc(Cl)cc23)cc1. The fourth-order valence-electron chi connectivity index (χ4n) is 6.33. The summed E-state index contributed by atoms with van der Waals surface area (Å²) in [6.07, 6.45) is 0.868. The second-order valence-electron chi connectivity index (χ2n) is 11.9. The van der Waals surface area contributed by atoms with Crippen LogP contribution < -0.4 is 9.46 Å². The molecule has 6 rings (SSSR count). The Balaban J connectivity index is 1.39. The van der Waals surface area contributed by atoms with Crippen LogP contribution in [0.1, 0.15) is 44.3 Å². The van der Waals surface area contributed by atoms with Crippen molar-refractivity contribution in [3.63, 3.8) is 0 Å². The number of sulfonamides is 1. The summed E-state index contributed by atoms with van der Waals surface area (Å²) in [7, 11) is -2.44. The van der Waals surface area contributed by atoms with Gasteiger partial charge in [0.2, 0.25) is 10.0 Å².